The molecular weight excluding hydrogens is 685 g/mol. The Morgan fingerprint density at radius 2 is 0.732 bits per heavy atom. The van der Waals surface area contributed by atoms with E-state index >= 15 is 0 Å². The molecule has 5 heteroatoms. The van der Waals surface area contributed by atoms with Gasteiger partial charge in [0.25, 0.3) is 0 Å². The van der Waals surface area contributed by atoms with Crippen molar-refractivity contribution in [3.63, 3.8) is 0 Å². The van der Waals surface area contributed by atoms with Crippen LogP contribution in [0.5, 0.6) is 11.5 Å². The summed E-state index contributed by atoms with van der Waals surface area (Å²) in [6.07, 6.45) is 3.68. The van der Waals surface area contributed by atoms with Crippen LogP contribution in [0, 0.1) is 0 Å². The minimum atomic E-state index is -0.666. The summed E-state index contributed by atoms with van der Waals surface area (Å²) < 4.78 is 6.84. The van der Waals surface area contributed by atoms with Gasteiger partial charge in [-0.1, -0.05) is 140 Å². The van der Waals surface area contributed by atoms with Crippen molar-refractivity contribution in [1.82, 2.24) is 19.9 Å². The lowest BCUT2D eigenvalue weighted by molar-refractivity contribution is 0.436. The van der Waals surface area contributed by atoms with E-state index in [1.165, 1.54) is 22.3 Å². The Kier molecular flexibility index (Phi) is 7.32. The summed E-state index contributed by atoms with van der Waals surface area (Å²) in [7, 11) is 0. The van der Waals surface area contributed by atoms with Crippen LogP contribution in [0.1, 0.15) is 22.3 Å². The van der Waals surface area contributed by atoms with Gasteiger partial charge < -0.3 is 4.74 Å². The molecule has 11 rings (SSSR count). The van der Waals surface area contributed by atoms with Crippen molar-refractivity contribution in [3.05, 3.63) is 217 Å². The van der Waals surface area contributed by atoms with Crippen molar-refractivity contribution in [1.29, 1.82) is 0 Å². The molecular formula is C51H32N4O. The summed E-state index contributed by atoms with van der Waals surface area (Å²) in [5, 5.41) is 0. The number of pyridine rings is 1. The molecule has 3 heterocycles. The van der Waals surface area contributed by atoms with Crippen LogP contribution in [-0.2, 0) is 5.41 Å². The molecule has 9 aromatic rings. The fourth-order valence-electron chi connectivity index (χ4n) is 8.56. The maximum absolute atomic E-state index is 6.84. The quantitative estimate of drug-likeness (QED) is 0.177. The van der Waals surface area contributed by atoms with E-state index in [-0.39, 0.29) is 0 Å². The van der Waals surface area contributed by atoms with E-state index in [1.54, 1.807) is 0 Å². The largest absolute Gasteiger partial charge is 0.457 e. The summed E-state index contributed by atoms with van der Waals surface area (Å²) in [6, 6.07) is 63.6. The molecule has 0 radical (unpaired) electrons. The van der Waals surface area contributed by atoms with Gasteiger partial charge in [0, 0.05) is 40.2 Å². The molecule has 1 spiro atoms. The Morgan fingerprint density at radius 1 is 0.321 bits per heavy atom. The average Bonchev–Trinajstić information content (AvgIpc) is 3.58. The molecule has 56 heavy (non-hydrogen) atoms. The number of nitrogens with zero attached hydrogens (tertiary/aromatic N) is 4. The van der Waals surface area contributed by atoms with Gasteiger partial charge in [-0.05, 0) is 87.0 Å². The van der Waals surface area contributed by atoms with E-state index in [9.17, 15) is 0 Å². The van der Waals surface area contributed by atoms with E-state index in [0.29, 0.717) is 17.5 Å². The maximum Gasteiger partial charge on any atom is 0.164 e. The smallest absolute Gasteiger partial charge is 0.164 e. The first kappa shape index (κ1) is 32.0. The van der Waals surface area contributed by atoms with E-state index in [1.807, 2.05) is 48.8 Å². The second-order valence-corrected chi connectivity index (χ2v) is 14.2. The highest BCUT2D eigenvalue weighted by Gasteiger charge is 2.51. The van der Waals surface area contributed by atoms with Gasteiger partial charge in [0.1, 0.15) is 11.5 Å². The summed E-state index contributed by atoms with van der Waals surface area (Å²) in [5.74, 6) is 3.46. The maximum atomic E-state index is 6.84. The number of hydrogen-bond acceptors (Lipinski definition) is 5. The molecule has 2 aliphatic rings. The highest BCUT2D eigenvalue weighted by molar-refractivity contribution is 5.90. The highest BCUT2D eigenvalue weighted by atomic mass is 16.5. The fourth-order valence-corrected chi connectivity index (χ4v) is 8.56. The molecule has 0 N–H and O–H groups in total. The van der Waals surface area contributed by atoms with Gasteiger partial charge in [-0.15, -0.1) is 0 Å². The zero-order valence-electron chi connectivity index (χ0n) is 30.2. The Morgan fingerprint density at radius 3 is 1.34 bits per heavy atom. The summed E-state index contributed by atoms with van der Waals surface area (Å²) >= 11 is 0. The first-order chi connectivity index (χ1) is 27.7. The van der Waals surface area contributed by atoms with Gasteiger partial charge in [0.2, 0.25) is 0 Å². The molecule has 0 unspecified atom stereocenters. The number of fused-ring (bicyclic) bond motifs is 9. The molecule has 1 aliphatic heterocycles. The van der Waals surface area contributed by atoms with Crippen LogP contribution >= 0.6 is 0 Å². The Bertz CT molecular complexity index is 2880. The first-order valence-electron chi connectivity index (χ1n) is 18.8. The Balaban J connectivity index is 1.13. The molecule has 0 atom stereocenters. The summed E-state index contributed by atoms with van der Waals surface area (Å²) in [5.41, 5.74) is 13.6. The summed E-state index contributed by atoms with van der Waals surface area (Å²) in [4.78, 5) is 19.6. The van der Waals surface area contributed by atoms with Crippen molar-refractivity contribution in [2.75, 3.05) is 0 Å². The van der Waals surface area contributed by atoms with Gasteiger partial charge in [-0.2, -0.15) is 0 Å². The normalized spacial score (nSPS) is 12.9. The van der Waals surface area contributed by atoms with Crippen LogP contribution in [-0.4, -0.2) is 19.9 Å². The van der Waals surface area contributed by atoms with Crippen molar-refractivity contribution >= 4 is 0 Å². The number of ether oxygens (including phenoxy) is 1. The van der Waals surface area contributed by atoms with Crippen molar-refractivity contribution in [3.8, 4) is 79.0 Å². The second-order valence-electron chi connectivity index (χ2n) is 14.2. The van der Waals surface area contributed by atoms with Gasteiger partial charge in [-0.3, -0.25) is 4.98 Å². The molecule has 262 valence electrons. The van der Waals surface area contributed by atoms with Gasteiger partial charge in [0.05, 0.1) is 5.41 Å². The predicted octanol–water partition coefficient (Wildman–Crippen LogP) is 12.1. The molecule has 5 nitrogen and oxygen atoms in total. The number of benzene rings is 7. The van der Waals surface area contributed by atoms with Crippen LogP contribution < -0.4 is 4.74 Å². The molecule has 0 bridgehead atoms. The lowest BCUT2D eigenvalue weighted by atomic mass is 9.65. The lowest BCUT2D eigenvalue weighted by Gasteiger charge is -2.40. The topological polar surface area (TPSA) is 60.8 Å². The van der Waals surface area contributed by atoms with Crippen molar-refractivity contribution in [2.24, 2.45) is 0 Å². The fraction of sp³-hybridized carbons (Fsp3) is 0.0196. The Labute approximate surface area is 324 Å². The molecule has 7 aromatic carbocycles. The van der Waals surface area contributed by atoms with E-state index < -0.39 is 5.41 Å². The zero-order chi connectivity index (χ0) is 37.1. The van der Waals surface area contributed by atoms with Gasteiger partial charge in [-0.25, -0.2) is 15.0 Å². The van der Waals surface area contributed by atoms with E-state index in [0.717, 1.165) is 61.6 Å². The van der Waals surface area contributed by atoms with E-state index in [2.05, 4.69) is 151 Å². The minimum Gasteiger partial charge on any atom is -0.457 e. The Hall–Kier alpha value is -7.50. The molecule has 0 saturated carbocycles. The van der Waals surface area contributed by atoms with Crippen LogP contribution in [0.3, 0.4) is 0 Å². The van der Waals surface area contributed by atoms with Crippen LogP contribution in [0.4, 0.5) is 0 Å². The lowest BCUT2D eigenvalue weighted by Crippen LogP contribution is -2.32. The van der Waals surface area contributed by atoms with Crippen molar-refractivity contribution < 1.29 is 4.74 Å². The van der Waals surface area contributed by atoms with E-state index in [4.69, 9.17) is 19.7 Å². The highest BCUT2D eigenvalue weighted by Crippen LogP contribution is 2.62. The zero-order valence-corrected chi connectivity index (χ0v) is 30.2. The minimum absolute atomic E-state index is 0.592. The van der Waals surface area contributed by atoms with Gasteiger partial charge >= 0.3 is 0 Å². The third-order valence-electron chi connectivity index (χ3n) is 11.1. The monoisotopic (exact) mass is 716 g/mol. The first-order valence-corrected chi connectivity index (χ1v) is 18.8. The third kappa shape index (κ3) is 5.02. The van der Waals surface area contributed by atoms with Gasteiger partial charge in [0.15, 0.2) is 17.5 Å². The average molecular weight is 717 g/mol. The number of aromatic nitrogens is 4. The van der Waals surface area contributed by atoms with Crippen LogP contribution in [0.15, 0.2) is 194 Å². The predicted molar refractivity (Wildman–Crippen MR) is 222 cm³/mol. The second kappa shape index (κ2) is 12.8. The molecule has 0 fully saturated rings. The number of hydrogen-bond donors (Lipinski definition) is 0. The molecule has 2 aromatic heterocycles. The third-order valence-corrected chi connectivity index (χ3v) is 11.1. The molecule has 0 amide bonds. The van der Waals surface area contributed by atoms with Crippen molar-refractivity contribution in [2.45, 2.75) is 5.41 Å². The standard InChI is InChI=1S/C51H32N4O/c1-3-11-33(12-4-1)34-19-21-37(22-20-34)49-53-48(36-13-5-2-6-14-36)54-50(55-49)39-24-26-47-45(32-39)51(42-17-9-7-15-40(42)41-16-8-10-18-43(41)51)44-31-38(23-25-46(44)56-47)35-27-29-52-30-28-35/h1-32H. The summed E-state index contributed by atoms with van der Waals surface area (Å²) in [6.45, 7) is 0. The molecule has 1 aliphatic carbocycles. The van der Waals surface area contributed by atoms with Crippen LogP contribution in [0.2, 0.25) is 0 Å². The molecule has 0 saturated heterocycles. The number of rotatable bonds is 5. The SMILES string of the molecule is c1ccc(-c2ccc(-c3nc(-c4ccccc4)nc(-c4ccc5c(c4)C4(c6cc(-c7ccncc7)ccc6O5)c5ccccc5-c5ccccc54)n3)cc2)cc1. The van der Waals surface area contributed by atoms with Crippen LogP contribution in [0.25, 0.3) is 67.5 Å².